The van der Waals surface area contributed by atoms with E-state index in [1.165, 1.54) is 29.2 Å². The fourth-order valence-electron chi connectivity index (χ4n) is 1.57. The predicted molar refractivity (Wildman–Crippen MR) is 70.3 cm³/mol. The molecule has 0 saturated carbocycles. The molecule has 2 aromatic rings. The summed E-state index contributed by atoms with van der Waals surface area (Å²) < 4.78 is 6.88. The molecular formula is C12H13BN2O4. The van der Waals surface area contributed by atoms with Gasteiger partial charge in [0, 0.05) is 12.3 Å². The third kappa shape index (κ3) is 3.67. The van der Waals surface area contributed by atoms with Crippen LogP contribution in [0.1, 0.15) is 0 Å². The lowest BCUT2D eigenvalue weighted by atomic mass is 9.80. The summed E-state index contributed by atoms with van der Waals surface area (Å²) in [5, 5.41) is 18.1. The number of aromatic nitrogens is 2. The van der Waals surface area contributed by atoms with Crippen LogP contribution in [0.25, 0.3) is 0 Å². The number of benzene rings is 1. The Morgan fingerprint density at radius 2 is 2.16 bits per heavy atom. The number of rotatable bonds is 5. The fourth-order valence-corrected chi connectivity index (χ4v) is 1.57. The first kappa shape index (κ1) is 13.3. The van der Waals surface area contributed by atoms with Crippen molar-refractivity contribution < 1.29 is 14.8 Å². The molecule has 0 radical (unpaired) electrons. The monoisotopic (exact) mass is 260 g/mol. The van der Waals surface area contributed by atoms with Crippen molar-refractivity contribution in [2.45, 2.75) is 6.54 Å². The highest BCUT2D eigenvalue weighted by atomic mass is 16.5. The van der Waals surface area contributed by atoms with Gasteiger partial charge in [-0.2, -0.15) is 0 Å². The zero-order valence-electron chi connectivity index (χ0n) is 10.1. The standard InChI is InChI=1S/C12H13BN2O4/c16-12-4-5-14-9-15(12)6-7-19-11-3-1-2-10(8-11)13(17)18/h1-5,8-9,17-18H,6-7H2. The number of hydrogen-bond acceptors (Lipinski definition) is 5. The van der Waals surface area contributed by atoms with E-state index < -0.39 is 7.12 Å². The molecule has 0 unspecified atom stereocenters. The molecule has 1 heterocycles. The van der Waals surface area contributed by atoms with Crippen molar-refractivity contribution in [3.63, 3.8) is 0 Å². The van der Waals surface area contributed by atoms with E-state index in [-0.39, 0.29) is 12.2 Å². The summed E-state index contributed by atoms with van der Waals surface area (Å²) in [6, 6.07) is 7.88. The lowest BCUT2D eigenvalue weighted by Crippen LogP contribution is -2.29. The molecule has 0 aliphatic rings. The predicted octanol–water partition coefficient (Wildman–Crippen LogP) is -0.998. The molecule has 6 nitrogen and oxygen atoms in total. The van der Waals surface area contributed by atoms with Gasteiger partial charge < -0.3 is 14.8 Å². The van der Waals surface area contributed by atoms with Crippen LogP contribution in [0.2, 0.25) is 0 Å². The van der Waals surface area contributed by atoms with Crippen LogP contribution in [0.4, 0.5) is 0 Å². The highest BCUT2D eigenvalue weighted by Gasteiger charge is 2.10. The van der Waals surface area contributed by atoms with Crippen molar-refractivity contribution in [1.29, 1.82) is 0 Å². The van der Waals surface area contributed by atoms with E-state index in [2.05, 4.69) is 4.98 Å². The molecule has 1 aromatic carbocycles. The van der Waals surface area contributed by atoms with Crippen LogP contribution >= 0.6 is 0 Å². The van der Waals surface area contributed by atoms with E-state index in [1.807, 2.05) is 0 Å². The third-order valence-electron chi connectivity index (χ3n) is 2.55. The Bertz CT molecular complexity index is 600. The number of ether oxygens (including phenoxy) is 1. The molecule has 98 valence electrons. The zero-order valence-corrected chi connectivity index (χ0v) is 10.1. The normalized spacial score (nSPS) is 10.2. The van der Waals surface area contributed by atoms with Crippen molar-refractivity contribution in [2.75, 3.05) is 6.61 Å². The van der Waals surface area contributed by atoms with E-state index in [9.17, 15) is 4.79 Å². The van der Waals surface area contributed by atoms with Crippen molar-refractivity contribution in [1.82, 2.24) is 9.55 Å². The Labute approximate surface area is 110 Å². The van der Waals surface area contributed by atoms with Crippen molar-refractivity contribution in [3.8, 4) is 5.75 Å². The Hall–Kier alpha value is -2.12. The highest BCUT2D eigenvalue weighted by molar-refractivity contribution is 6.58. The number of nitrogens with zero attached hydrogens (tertiary/aromatic N) is 2. The van der Waals surface area contributed by atoms with Gasteiger partial charge in [-0.05, 0) is 17.6 Å². The molecule has 0 saturated heterocycles. The molecule has 2 N–H and O–H groups in total. The second kappa shape index (κ2) is 6.17. The van der Waals surface area contributed by atoms with Crippen molar-refractivity contribution in [2.24, 2.45) is 0 Å². The summed E-state index contributed by atoms with van der Waals surface area (Å²) in [6.45, 7) is 0.662. The maximum Gasteiger partial charge on any atom is 0.488 e. The minimum atomic E-state index is -1.52. The van der Waals surface area contributed by atoms with Crippen LogP contribution in [0, 0.1) is 0 Å². The molecule has 0 spiro atoms. The molecule has 19 heavy (non-hydrogen) atoms. The van der Waals surface area contributed by atoms with Crippen molar-refractivity contribution >= 4 is 12.6 Å². The summed E-state index contributed by atoms with van der Waals surface area (Å²) in [5.74, 6) is 0.516. The van der Waals surface area contributed by atoms with Gasteiger partial charge in [-0.1, -0.05) is 12.1 Å². The first-order chi connectivity index (χ1) is 9.16. The molecule has 1 aromatic heterocycles. The lowest BCUT2D eigenvalue weighted by molar-refractivity contribution is 0.295. The SMILES string of the molecule is O=c1ccncn1CCOc1cccc(B(O)O)c1. The van der Waals surface area contributed by atoms with Gasteiger partial charge in [0.15, 0.2) is 0 Å². The first-order valence-corrected chi connectivity index (χ1v) is 5.76. The minimum absolute atomic E-state index is 0.141. The van der Waals surface area contributed by atoms with E-state index >= 15 is 0 Å². The second-order valence-corrected chi connectivity index (χ2v) is 3.91. The second-order valence-electron chi connectivity index (χ2n) is 3.91. The molecule has 0 amide bonds. The van der Waals surface area contributed by atoms with Gasteiger partial charge in [0.1, 0.15) is 12.4 Å². The molecule has 0 bridgehead atoms. The quantitative estimate of drug-likeness (QED) is 0.674. The van der Waals surface area contributed by atoms with Crippen LogP contribution in [0.15, 0.2) is 47.7 Å². The maximum atomic E-state index is 11.4. The summed E-state index contributed by atoms with van der Waals surface area (Å²) in [4.78, 5) is 15.3. The van der Waals surface area contributed by atoms with E-state index in [0.29, 0.717) is 17.8 Å². The van der Waals surface area contributed by atoms with Crippen LogP contribution < -0.4 is 15.8 Å². The molecule has 0 aliphatic carbocycles. The largest absolute Gasteiger partial charge is 0.492 e. The Balaban J connectivity index is 1.94. The van der Waals surface area contributed by atoms with Gasteiger partial charge in [-0.15, -0.1) is 0 Å². The highest BCUT2D eigenvalue weighted by Crippen LogP contribution is 2.07. The topological polar surface area (TPSA) is 84.6 Å². The Morgan fingerprint density at radius 3 is 2.89 bits per heavy atom. The zero-order chi connectivity index (χ0) is 13.7. The van der Waals surface area contributed by atoms with Gasteiger partial charge in [-0.25, -0.2) is 4.98 Å². The molecule has 0 atom stereocenters. The average Bonchev–Trinajstić information content (AvgIpc) is 2.41. The molecular weight excluding hydrogens is 247 g/mol. The summed E-state index contributed by atoms with van der Waals surface area (Å²) in [6.07, 6.45) is 2.88. The first-order valence-electron chi connectivity index (χ1n) is 5.76. The summed E-state index contributed by atoms with van der Waals surface area (Å²) >= 11 is 0. The van der Waals surface area contributed by atoms with Crippen LogP contribution in [0.3, 0.4) is 0 Å². The number of hydrogen-bond donors (Lipinski definition) is 2. The molecule has 2 rings (SSSR count). The minimum Gasteiger partial charge on any atom is -0.492 e. The molecule has 0 fully saturated rings. The average molecular weight is 260 g/mol. The van der Waals surface area contributed by atoms with Gasteiger partial charge >= 0.3 is 7.12 Å². The van der Waals surface area contributed by atoms with Crippen LogP contribution in [-0.4, -0.2) is 33.3 Å². The van der Waals surface area contributed by atoms with Crippen LogP contribution in [0.5, 0.6) is 5.75 Å². The molecule has 0 aliphatic heterocycles. The smallest absolute Gasteiger partial charge is 0.488 e. The molecule has 7 heteroatoms. The summed E-state index contributed by atoms with van der Waals surface area (Å²) in [7, 11) is -1.52. The van der Waals surface area contributed by atoms with E-state index in [1.54, 1.807) is 18.2 Å². The van der Waals surface area contributed by atoms with Crippen molar-refractivity contribution in [3.05, 3.63) is 53.2 Å². The van der Waals surface area contributed by atoms with Crippen LogP contribution in [-0.2, 0) is 6.54 Å². The Morgan fingerprint density at radius 1 is 1.32 bits per heavy atom. The van der Waals surface area contributed by atoms with E-state index in [0.717, 1.165) is 0 Å². The Kier molecular flexibility index (Phi) is 4.32. The maximum absolute atomic E-state index is 11.4. The van der Waals surface area contributed by atoms with Gasteiger partial charge in [-0.3, -0.25) is 9.36 Å². The fraction of sp³-hybridized carbons (Fsp3) is 0.167. The van der Waals surface area contributed by atoms with E-state index in [4.69, 9.17) is 14.8 Å². The summed E-state index contributed by atoms with van der Waals surface area (Å²) in [5.41, 5.74) is 0.217. The van der Waals surface area contributed by atoms with Gasteiger partial charge in [0.05, 0.1) is 12.9 Å². The van der Waals surface area contributed by atoms with Gasteiger partial charge in [0.25, 0.3) is 5.56 Å². The van der Waals surface area contributed by atoms with Gasteiger partial charge in [0.2, 0.25) is 0 Å². The lowest BCUT2D eigenvalue weighted by Gasteiger charge is -2.08. The third-order valence-corrected chi connectivity index (χ3v) is 2.55.